The zero-order valence-corrected chi connectivity index (χ0v) is 10.9. The summed E-state index contributed by atoms with van der Waals surface area (Å²) in [6.45, 7) is 1.44. The lowest BCUT2D eigenvalue weighted by Gasteiger charge is -2.16. The molecule has 0 spiro atoms. The smallest absolute Gasteiger partial charge is 0.123 e. The second kappa shape index (κ2) is 5.80. The van der Waals surface area contributed by atoms with E-state index in [1.807, 2.05) is 25.4 Å². The van der Waals surface area contributed by atoms with Crippen LogP contribution in [0.3, 0.4) is 0 Å². The van der Waals surface area contributed by atoms with Crippen LogP contribution in [-0.2, 0) is 13.1 Å². The lowest BCUT2D eigenvalue weighted by Crippen LogP contribution is -2.18. The monoisotopic (exact) mass is 262 g/mol. The van der Waals surface area contributed by atoms with Crippen LogP contribution >= 0.6 is 11.6 Å². The number of halogens is 1. The third-order valence-corrected chi connectivity index (χ3v) is 2.88. The standard InChI is InChI=1S/C13H15ClN4/c1-18(8-10-3-2-6-16-7-10)9-12-11(14)4-5-13(15)17-12/h2-7H,8-9H2,1H3,(H2,15,17). The van der Waals surface area contributed by atoms with E-state index in [4.69, 9.17) is 17.3 Å². The Morgan fingerprint density at radius 2 is 2.11 bits per heavy atom. The molecule has 0 fully saturated rings. The van der Waals surface area contributed by atoms with Crippen molar-refractivity contribution in [3.8, 4) is 0 Å². The number of nitrogens with zero attached hydrogens (tertiary/aromatic N) is 3. The summed E-state index contributed by atoms with van der Waals surface area (Å²) in [6, 6.07) is 7.44. The molecule has 0 amide bonds. The molecule has 2 N–H and O–H groups in total. The average Bonchev–Trinajstić information content (AvgIpc) is 2.35. The topological polar surface area (TPSA) is 55.0 Å². The van der Waals surface area contributed by atoms with Crippen molar-refractivity contribution in [3.05, 3.63) is 52.9 Å². The molecular weight excluding hydrogens is 248 g/mol. The van der Waals surface area contributed by atoms with Crippen LogP contribution in [0.2, 0.25) is 5.02 Å². The predicted molar refractivity (Wildman–Crippen MR) is 73.1 cm³/mol. The van der Waals surface area contributed by atoms with Gasteiger partial charge in [-0.3, -0.25) is 9.88 Å². The van der Waals surface area contributed by atoms with Crippen LogP contribution in [0.25, 0.3) is 0 Å². The van der Waals surface area contributed by atoms with Gasteiger partial charge in [-0.1, -0.05) is 17.7 Å². The summed E-state index contributed by atoms with van der Waals surface area (Å²) < 4.78 is 0. The molecule has 0 bridgehead atoms. The number of nitrogens with two attached hydrogens (primary N) is 1. The summed E-state index contributed by atoms with van der Waals surface area (Å²) in [5.41, 5.74) is 7.60. The first kappa shape index (κ1) is 12.8. The summed E-state index contributed by atoms with van der Waals surface area (Å²) in [5, 5.41) is 0.641. The highest BCUT2D eigenvalue weighted by Gasteiger charge is 2.07. The summed E-state index contributed by atoms with van der Waals surface area (Å²) in [5.74, 6) is 0.490. The highest BCUT2D eigenvalue weighted by molar-refractivity contribution is 6.31. The molecule has 0 aromatic carbocycles. The molecule has 94 valence electrons. The number of pyridine rings is 2. The maximum atomic E-state index is 6.09. The number of rotatable bonds is 4. The van der Waals surface area contributed by atoms with E-state index in [1.165, 1.54) is 0 Å². The van der Waals surface area contributed by atoms with E-state index >= 15 is 0 Å². The Labute approximate surface area is 111 Å². The average molecular weight is 263 g/mol. The van der Waals surface area contributed by atoms with Crippen molar-refractivity contribution in [2.24, 2.45) is 0 Å². The molecule has 2 aromatic heterocycles. The Morgan fingerprint density at radius 3 is 2.83 bits per heavy atom. The Bertz CT molecular complexity index is 516. The van der Waals surface area contributed by atoms with Crippen LogP contribution in [-0.4, -0.2) is 21.9 Å². The maximum absolute atomic E-state index is 6.09. The third kappa shape index (κ3) is 3.42. The van der Waals surface area contributed by atoms with Crippen LogP contribution < -0.4 is 5.73 Å². The van der Waals surface area contributed by atoms with Crippen LogP contribution in [0.5, 0.6) is 0 Å². The van der Waals surface area contributed by atoms with Crippen molar-refractivity contribution in [1.82, 2.24) is 14.9 Å². The third-order valence-electron chi connectivity index (χ3n) is 2.54. The molecule has 0 aliphatic carbocycles. The van der Waals surface area contributed by atoms with Gasteiger partial charge in [-0.25, -0.2) is 4.98 Å². The summed E-state index contributed by atoms with van der Waals surface area (Å²) in [7, 11) is 2.01. The summed E-state index contributed by atoms with van der Waals surface area (Å²) >= 11 is 6.09. The number of aromatic nitrogens is 2. The van der Waals surface area contributed by atoms with Crippen LogP contribution in [0.15, 0.2) is 36.7 Å². The van der Waals surface area contributed by atoms with Gasteiger partial charge in [0, 0.05) is 25.5 Å². The Kier molecular flexibility index (Phi) is 4.12. The first-order chi connectivity index (χ1) is 8.65. The molecule has 2 aromatic rings. The SMILES string of the molecule is CN(Cc1cccnc1)Cc1nc(N)ccc1Cl. The molecule has 4 nitrogen and oxygen atoms in total. The molecule has 18 heavy (non-hydrogen) atoms. The number of nitrogen functional groups attached to an aromatic ring is 1. The number of hydrogen-bond donors (Lipinski definition) is 1. The number of hydrogen-bond acceptors (Lipinski definition) is 4. The lowest BCUT2D eigenvalue weighted by molar-refractivity contribution is 0.315. The van der Waals surface area contributed by atoms with Crippen molar-refractivity contribution >= 4 is 17.4 Å². The van der Waals surface area contributed by atoms with Crippen molar-refractivity contribution in [2.75, 3.05) is 12.8 Å². The highest BCUT2D eigenvalue weighted by Crippen LogP contribution is 2.17. The van der Waals surface area contributed by atoms with Gasteiger partial charge in [-0.15, -0.1) is 0 Å². The van der Waals surface area contributed by atoms with Gasteiger partial charge in [-0.2, -0.15) is 0 Å². The van der Waals surface area contributed by atoms with E-state index in [1.54, 1.807) is 18.3 Å². The summed E-state index contributed by atoms with van der Waals surface area (Å²) in [4.78, 5) is 10.4. The second-order valence-electron chi connectivity index (χ2n) is 4.20. The van der Waals surface area contributed by atoms with Gasteiger partial charge in [-0.05, 0) is 30.8 Å². The van der Waals surface area contributed by atoms with Gasteiger partial charge >= 0.3 is 0 Å². The molecule has 0 aliphatic rings. The lowest BCUT2D eigenvalue weighted by atomic mass is 10.2. The van der Waals surface area contributed by atoms with Gasteiger partial charge in [0.15, 0.2) is 0 Å². The molecule has 0 saturated carbocycles. The van der Waals surface area contributed by atoms with Gasteiger partial charge in [0.1, 0.15) is 5.82 Å². The Hall–Kier alpha value is -1.65. The van der Waals surface area contributed by atoms with Crippen LogP contribution in [0.1, 0.15) is 11.3 Å². The van der Waals surface area contributed by atoms with E-state index in [-0.39, 0.29) is 0 Å². The molecule has 2 heterocycles. The van der Waals surface area contributed by atoms with Gasteiger partial charge in [0.05, 0.1) is 10.7 Å². The minimum absolute atomic E-state index is 0.490. The molecule has 2 rings (SSSR count). The van der Waals surface area contributed by atoms with Gasteiger partial charge < -0.3 is 5.73 Å². The fraction of sp³-hybridized carbons (Fsp3) is 0.231. The minimum atomic E-state index is 0.490. The van der Waals surface area contributed by atoms with Crippen LogP contribution in [0, 0.1) is 0 Å². The normalized spacial score (nSPS) is 10.8. The molecule has 0 saturated heterocycles. The summed E-state index contributed by atoms with van der Waals surface area (Å²) in [6.07, 6.45) is 3.62. The van der Waals surface area contributed by atoms with Crippen molar-refractivity contribution in [2.45, 2.75) is 13.1 Å². The first-order valence-corrected chi connectivity index (χ1v) is 6.01. The van der Waals surface area contributed by atoms with Crippen molar-refractivity contribution < 1.29 is 0 Å². The van der Waals surface area contributed by atoms with Crippen molar-refractivity contribution in [1.29, 1.82) is 0 Å². The molecule has 5 heteroatoms. The van der Waals surface area contributed by atoms with E-state index in [0.29, 0.717) is 17.4 Å². The van der Waals surface area contributed by atoms with Gasteiger partial charge in [0.25, 0.3) is 0 Å². The van der Waals surface area contributed by atoms with Crippen molar-refractivity contribution in [3.63, 3.8) is 0 Å². The van der Waals surface area contributed by atoms with E-state index < -0.39 is 0 Å². The largest absolute Gasteiger partial charge is 0.384 e. The fourth-order valence-corrected chi connectivity index (χ4v) is 1.89. The van der Waals surface area contributed by atoms with E-state index in [0.717, 1.165) is 17.8 Å². The van der Waals surface area contributed by atoms with Gasteiger partial charge in [0.2, 0.25) is 0 Å². The minimum Gasteiger partial charge on any atom is -0.384 e. The maximum Gasteiger partial charge on any atom is 0.123 e. The predicted octanol–water partition coefficient (Wildman–Crippen LogP) is 2.34. The number of anilines is 1. The molecule has 0 atom stereocenters. The van der Waals surface area contributed by atoms with Crippen LogP contribution in [0.4, 0.5) is 5.82 Å². The highest BCUT2D eigenvalue weighted by atomic mass is 35.5. The Morgan fingerprint density at radius 1 is 1.28 bits per heavy atom. The zero-order valence-electron chi connectivity index (χ0n) is 10.2. The Balaban J connectivity index is 2.03. The second-order valence-corrected chi connectivity index (χ2v) is 4.61. The molecular formula is C13H15ClN4. The fourth-order valence-electron chi connectivity index (χ4n) is 1.73. The van der Waals surface area contributed by atoms with E-state index in [9.17, 15) is 0 Å². The van der Waals surface area contributed by atoms with E-state index in [2.05, 4.69) is 14.9 Å². The first-order valence-electron chi connectivity index (χ1n) is 5.63. The molecule has 0 radical (unpaired) electrons. The molecule has 0 aliphatic heterocycles. The molecule has 0 unspecified atom stereocenters. The zero-order chi connectivity index (χ0) is 13.0. The quantitative estimate of drug-likeness (QED) is 0.919.